The number of methoxy groups -OCH3 is 4. The van der Waals surface area contributed by atoms with E-state index in [0.717, 1.165) is 0 Å². The molecule has 0 aliphatic carbocycles. The van der Waals surface area contributed by atoms with Gasteiger partial charge in [0.15, 0.2) is 23.0 Å². The van der Waals surface area contributed by atoms with Crippen LogP contribution in [0.5, 0.6) is 23.0 Å². The number of ether oxygens (including phenoxy) is 5. The number of hydrogen-bond acceptors (Lipinski definition) is 6. The average molecular weight is 358 g/mol. The minimum atomic E-state index is -0.486. The molecule has 0 saturated carbocycles. The zero-order chi connectivity index (χ0) is 18.9. The van der Waals surface area contributed by atoms with Crippen LogP contribution in [0.4, 0.5) is 0 Å². The summed E-state index contributed by atoms with van der Waals surface area (Å²) in [7, 11) is 6.19. The van der Waals surface area contributed by atoms with Gasteiger partial charge in [0.2, 0.25) is 0 Å². The lowest BCUT2D eigenvalue weighted by Crippen LogP contribution is -2.03. The van der Waals surface area contributed by atoms with Crippen molar-refractivity contribution in [1.29, 1.82) is 0 Å². The van der Waals surface area contributed by atoms with Crippen molar-refractivity contribution in [2.75, 3.05) is 28.4 Å². The maximum absolute atomic E-state index is 12.0. The fourth-order valence-corrected chi connectivity index (χ4v) is 2.47. The molecule has 0 saturated heterocycles. The number of hydrogen-bond donors (Lipinski definition) is 0. The lowest BCUT2D eigenvalue weighted by Gasteiger charge is -2.12. The first-order valence-corrected chi connectivity index (χ1v) is 7.90. The second-order valence-corrected chi connectivity index (χ2v) is 5.18. The Morgan fingerprint density at radius 1 is 0.846 bits per heavy atom. The molecule has 2 aromatic carbocycles. The van der Waals surface area contributed by atoms with E-state index in [9.17, 15) is 4.79 Å². The van der Waals surface area contributed by atoms with Crippen molar-refractivity contribution in [2.45, 2.75) is 6.61 Å². The van der Waals surface area contributed by atoms with Crippen molar-refractivity contribution < 1.29 is 28.5 Å². The van der Waals surface area contributed by atoms with Crippen molar-refractivity contribution in [3.8, 4) is 23.0 Å². The molecule has 26 heavy (non-hydrogen) atoms. The molecule has 0 atom stereocenters. The zero-order valence-electron chi connectivity index (χ0n) is 15.3. The number of carbonyl (C=O) groups excluding carboxylic acids is 1. The van der Waals surface area contributed by atoms with Gasteiger partial charge in [0.1, 0.15) is 6.61 Å². The van der Waals surface area contributed by atoms with Crippen LogP contribution in [0.15, 0.2) is 42.5 Å². The Labute approximate surface area is 152 Å². The predicted molar refractivity (Wildman–Crippen MR) is 97.9 cm³/mol. The summed E-state index contributed by atoms with van der Waals surface area (Å²) in [6, 6.07) is 10.8. The monoisotopic (exact) mass is 358 g/mol. The van der Waals surface area contributed by atoms with Crippen LogP contribution < -0.4 is 18.9 Å². The van der Waals surface area contributed by atoms with Crippen LogP contribution >= 0.6 is 0 Å². The molecular weight excluding hydrogens is 336 g/mol. The van der Waals surface area contributed by atoms with E-state index in [0.29, 0.717) is 34.1 Å². The van der Waals surface area contributed by atoms with Crippen molar-refractivity contribution in [2.24, 2.45) is 0 Å². The third kappa shape index (κ3) is 4.47. The quantitative estimate of drug-likeness (QED) is 0.532. The molecule has 0 amide bonds. The van der Waals surface area contributed by atoms with E-state index in [1.807, 2.05) is 24.3 Å². The van der Waals surface area contributed by atoms with Gasteiger partial charge in [0.05, 0.1) is 28.4 Å². The minimum absolute atomic E-state index is 0.0682. The van der Waals surface area contributed by atoms with Crippen molar-refractivity contribution >= 4 is 12.0 Å². The summed E-state index contributed by atoms with van der Waals surface area (Å²) < 4.78 is 26.4. The molecule has 2 aromatic rings. The SMILES string of the molecule is COc1cccc(/C=C/C(=O)OCc2cccc(OC)c2OC)c1OC. The van der Waals surface area contributed by atoms with Gasteiger partial charge in [-0.1, -0.05) is 24.3 Å². The summed E-state index contributed by atoms with van der Waals surface area (Å²) in [6.45, 7) is 0.0682. The fraction of sp³-hybridized carbons (Fsp3) is 0.250. The second kappa shape index (κ2) is 9.36. The summed E-state index contributed by atoms with van der Waals surface area (Å²) >= 11 is 0. The summed E-state index contributed by atoms with van der Waals surface area (Å²) in [5.74, 6) is 1.77. The summed E-state index contributed by atoms with van der Waals surface area (Å²) in [4.78, 5) is 12.0. The fourth-order valence-electron chi connectivity index (χ4n) is 2.47. The van der Waals surface area contributed by atoms with Crippen molar-refractivity contribution in [1.82, 2.24) is 0 Å². The Balaban J connectivity index is 2.07. The molecule has 0 radical (unpaired) electrons. The lowest BCUT2D eigenvalue weighted by molar-refractivity contribution is -0.138. The molecule has 6 nitrogen and oxygen atoms in total. The van der Waals surface area contributed by atoms with Crippen LogP contribution in [0.3, 0.4) is 0 Å². The molecule has 0 bridgehead atoms. The molecule has 138 valence electrons. The molecule has 0 spiro atoms. The predicted octanol–water partition coefficient (Wildman–Crippen LogP) is 3.48. The first-order valence-electron chi connectivity index (χ1n) is 7.90. The van der Waals surface area contributed by atoms with E-state index < -0.39 is 5.97 Å². The smallest absolute Gasteiger partial charge is 0.331 e. The van der Waals surface area contributed by atoms with E-state index in [4.69, 9.17) is 23.7 Å². The number of carbonyl (C=O) groups is 1. The minimum Gasteiger partial charge on any atom is -0.493 e. The van der Waals surface area contributed by atoms with Gasteiger partial charge in [-0.3, -0.25) is 0 Å². The topological polar surface area (TPSA) is 63.2 Å². The van der Waals surface area contributed by atoms with Crippen LogP contribution in [-0.4, -0.2) is 34.4 Å². The Morgan fingerprint density at radius 3 is 2.08 bits per heavy atom. The van der Waals surface area contributed by atoms with E-state index in [-0.39, 0.29) is 6.61 Å². The van der Waals surface area contributed by atoms with Gasteiger partial charge in [-0.15, -0.1) is 0 Å². The molecule has 6 heteroatoms. The molecule has 0 unspecified atom stereocenters. The number of rotatable bonds is 8. The highest BCUT2D eigenvalue weighted by Gasteiger charge is 2.11. The Kier molecular flexibility index (Phi) is 6.91. The van der Waals surface area contributed by atoms with Crippen LogP contribution in [-0.2, 0) is 16.1 Å². The average Bonchev–Trinajstić information content (AvgIpc) is 2.69. The highest BCUT2D eigenvalue weighted by Crippen LogP contribution is 2.32. The maximum Gasteiger partial charge on any atom is 0.331 e. The summed E-state index contributed by atoms with van der Waals surface area (Å²) in [5, 5.41) is 0. The molecule has 0 aromatic heterocycles. The van der Waals surface area contributed by atoms with Crippen LogP contribution in [0.25, 0.3) is 6.08 Å². The standard InChI is InChI=1S/C20H22O6/c1-22-16-9-5-7-14(19(16)24-3)11-12-18(21)26-13-15-8-6-10-17(23-2)20(15)25-4/h5-12H,13H2,1-4H3/b12-11+. The van der Waals surface area contributed by atoms with Gasteiger partial charge in [-0.25, -0.2) is 4.79 Å². The first-order chi connectivity index (χ1) is 12.6. The van der Waals surface area contributed by atoms with Gasteiger partial charge in [0.25, 0.3) is 0 Å². The highest BCUT2D eigenvalue weighted by molar-refractivity contribution is 5.87. The van der Waals surface area contributed by atoms with Gasteiger partial charge < -0.3 is 23.7 Å². The highest BCUT2D eigenvalue weighted by atomic mass is 16.5. The van der Waals surface area contributed by atoms with Crippen molar-refractivity contribution in [3.63, 3.8) is 0 Å². The molecule has 0 aliphatic rings. The molecule has 0 fully saturated rings. The Bertz CT molecular complexity index is 782. The zero-order valence-corrected chi connectivity index (χ0v) is 15.3. The largest absolute Gasteiger partial charge is 0.493 e. The maximum atomic E-state index is 12.0. The van der Waals surface area contributed by atoms with E-state index in [2.05, 4.69) is 0 Å². The molecule has 0 N–H and O–H groups in total. The van der Waals surface area contributed by atoms with Gasteiger partial charge in [0, 0.05) is 17.2 Å². The lowest BCUT2D eigenvalue weighted by atomic mass is 10.1. The van der Waals surface area contributed by atoms with Gasteiger partial charge in [-0.05, 0) is 18.2 Å². The van der Waals surface area contributed by atoms with Crippen molar-refractivity contribution in [3.05, 3.63) is 53.6 Å². The first kappa shape index (κ1) is 19.2. The third-order valence-electron chi connectivity index (χ3n) is 3.69. The van der Waals surface area contributed by atoms with Crippen LogP contribution in [0.2, 0.25) is 0 Å². The van der Waals surface area contributed by atoms with E-state index in [1.54, 1.807) is 39.5 Å². The number of esters is 1. The van der Waals surface area contributed by atoms with Gasteiger partial charge in [-0.2, -0.15) is 0 Å². The molecule has 2 rings (SSSR count). The number of benzene rings is 2. The third-order valence-corrected chi connectivity index (χ3v) is 3.69. The van der Waals surface area contributed by atoms with E-state index >= 15 is 0 Å². The normalized spacial score (nSPS) is 10.5. The molecular formula is C20H22O6. The summed E-state index contributed by atoms with van der Waals surface area (Å²) in [6.07, 6.45) is 2.95. The van der Waals surface area contributed by atoms with Crippen LogP contribution in [0.1, 0.15) is 11.1 Å². The molecule has 0 heterocycles. The Hall–Kier alpha value is -3.15. The van der Waals surface area contributed by atoms with Gasteiger partial charge >= 0.3 is 5.97 Å². The summed E-state index contributed by atoms with van der Waals surface area (Å²) in [5.41, 5.74) is 1.43. The van der Waals surface area contributed by atoms with Crippen LogP contribution in [0, 0.1) is 0 Å². The number of para-hydroxylation sites is 2. The second-order valence-electron chi connectivity index (χ2n) is 5.18. The molecule has 0 aliphatic heterocycles. The van der Waals surface area contributed by atoms with E-state index in [1.165, 1.54) is 13.2 Å². The Morgan fingerprint density at radius 2 is 1.46 bits per heavy atom.